The third kappa shape index (κ3) is 7.09. The number of nitrogens with zero attached hydrogens (tertiary/aromatic N) is 2. The fourth-order valence-corrected chi connectivity index (χ4v) is 2.36. The maximum Gasteiger partial charge on any atom is 0.250 e. The summed E-state index contributed by atoms with van der Waals surface area (Å²) in [4.78, 5) is 25.7. The molecule has 0 aliphatic rings. The molecule has 1 aromatic heterocycles. The topological polar surface area (TPSA) is 54.3 Å². The predicted octanol–water partition coefficient (Wildman–Crippen LogP) is 1.33. The van der Waals surface area contributed by atoms with Gasteiger partial charge in [0.2, 0.25) is 5.91 Å². The molecule has 1 atom stereocenters. The van der Waals surface area contributed by atoms with Gasteiger partial charge in [-0.2, -0.15) is 0 Å². The van der Waals surface area contributed by atoms with Crippen LogP contribution in [0.5, 0.6) is 0 Å². The SMILES string of the molecule is CC(C)CC(CN(C)C)NC(=O)CCn1ccccc1=O. The number of likely N-dealkylation sites (N-methyl/N-ethyl adjacent to an activating group) is 1. The average Bonchev–Trinajstić information content (AvgIpc) is 2.36. The van der Waals surface area contributed by atoms with Crippen LogP contribution >= 0.6 is 0 Å². The Labute approximate surface area is 127 Å². The highest BCUT2D eigenvalue weighted by molar-refractivity contribution is 5.76. The Morgan fingerprint density at radius 3 is 2.62 bits per heavy atom. The van der Waals surface area contributed by atoms with E-state index in [1.165, 1.54) is 6.07 Å². The van der Waals surface area contributed by atoms with E-state index in [9.17, 15) is 9.59 Å². The summed E-state index contributed by atoms with van der Waals surface area (Å²) in [6, 6.07) is 5.16. The van der Waals surface area contributed by atoms with E-state index in [1.54, 1.807) is 22.9 Å². The average molecular weight is 293 g/mol. The minimum atomic E-state index is -0.0719. The zero-order valence-corrected chi connectivity index (χ0v) is 13.5. The van der Waals surface area contributed by atoms with Gasteiger partial charge in [0.15, 0.2) is 0 Å². The van der Waals surface area contributed by atoms with Crippen molar-refractivity contribution in [2.24, 2.45) is 5.92 Å². The van der Waals surface area contributed by atoms with Crippen molar-refractivity contribution in [3.8, 4) is 0 Å². The Balaban J connectivity index is 2.50. The summed E-state index contributed by atoms with van der Waals surface area (Å²) >= 11 is 0. The van der Waals surface area contributed by atoms with E-state index < -0.39 is 0 Å². The van der Waals surface area contributed by atoms with Gasteiger partial charge in [0.25, 0.3) is 5.56 Å². The number of carbonyl (C=O) groups excluding carboxylic acids is 1. The highest BCUT2D eigenvalue weighted by atomic mass is 16.2. The van der Waals surface area contributed by atoms with Gasteiger partial charge in [-0.25, -0.2) is 0 Å². The van der Waals surface area contributed by atoms with Crippen LogP contribution in [0, 0.1) is 5.92 Å². The number of aryl methyl sites for hydroxylation is 1. The molecule has 21 heavy (non-hydrogen) atoms. The number of pyridine rings is 1. The van der Waals surface area contributed by atoms with Crippen LogP contribution in [0.1, 0.15) is 26.7 Å². The van der Waals surface area contributed by atoms with Crippen molar-refractivity contribution >= 4 is 5.91 Å². The minimum Gasteiger partial charge on any atom is -0.352 e. The number of aromatic nitrogens is 1. The second-order valence-corrected chi connectivity index (χ2v) is 6.14. The molecule has 0 radical (unpaired) electrons. The first-order valence-corrected chi connectivity index (χ1v) is 7.48. The van der Waals surface area contributed by atoms with E-state index in [0.717, 1.165) is 13.0 Å². The van der Waals surface area contributed by atoms with Crippen LogP contribution in [0.15, 0.2) is 29.2 Å². The van der Waals surface area contributed by atoms with Crippen LogP contribution in [0.25, 0.3) is 0 Å². The normalized spacial score (nSPS) is 12.7. The molecule has 5 heteroatoms. The third-order valence-corrected chi connectivity index (χ3v) is 3.19. The van der Waals surface area contributed by atoms with Gasteiger partial charge in [-0.15, -0.1) is 0 Å². The van der Waals surface area contributed by atoms with Crippen LogP contribution in [-0.2, 0) is 11.3 Å². The molecule has 1 heterocycles. The summed E-state index contributed by atoms with van der Waals surface area (Å²) < 4.78 is 1.56. The summed E-state index contributed by atoms with van der Waals surface area (Å²) in [5.74, 6) is 0.533. The summed E-state index contributed by atoms with van der Waals surface area (Å²) in [6.45, 7) is 5.55. The quantitative estimate of drug-likeness (QED) is 0.787. The maximum atomic E-state index is 12.1. The van der Waals surface area contributed by atoms with Crippen molar-refractivity contribution in [3.05, 3.63) is 34.7 Å². The number of amides is 1. The van der Waals surface area contributed by atoms with Crippen LogP contribution < -0.4 is 10.9 Å². The van der Waals surface area contributed by atoms with Crippen molar-refractivity contribution in [1.29, 1.82) is 0 Å². The standard InChI is InChI=1S/C16H27N3O2/c1-13(2)11-14(12-18(3)4)17-15(20)8-10-19-9-6-5-7-16(19)21/h5-7,9,13-14H,8,10-12H2,1-4H3,(H,17,20). The molecule has 5 nitrogen and oxygen atoms in total. The highest BCUT2D eigenvalue weighted by Gasteiger charge is 2.14. The third-order valence-electron chi connectivity index (χ3n) is 3.19. The zero-order valence-electron chi connectivity index (χ0n) is 13.5. The van der Waals surface area contributed by atoms with Crippen molar-refractivity contribution in [3.63, 3.8) is 0 Å². The summed E-state index contributed by atoms with van der Waals surface area (Å²) in [7, 11) is 4.01. The molecule has 0 saturated heterocycles. The maximum absolute atomic E-state index is 12.1. The molecule has 0 saturated carbocycles. The second-order valence-electron chi connectivity index (χ2n) is 6.14. The van der Waals surface area contributed by atoms with Crippen LogP contribution in [-0.4, -0.2) is 42.1 Å². The van der Waals surface area contributed by atoms with Crippen molar-refractivity contribution < 1.29 is 4.79 Å². The molecule has 1 aromatic rings. The van der Waals surface area contributed by atoms with E-state index in [4.69, 9.17) is 0 Å². The van der Waals surface area contributed by atoms with Gasteiger partial charge in [-0.05, 0) is 32.5 Å². The summed E-state index contributed by atoms with van der Waals surface area (Å²) in [5.41, 5.74) is -0.0719. The summed E-state index contributed by atoms with van der Waals surface area (Å²) in [6.07, 6.45) is 2.99. The Bertz CT molecular complexity index is 484. The molecule has 1 rings (SSSR count). The van der Waals surface area contributed by atoms with Crippen molar-refractivity contribution in [2.45, 2.75) is 39.3 Å². The fraction of sp³-hybridized carbons (Fsp3) is 0.625. The van der Waals surface area contributed by atoms with Crippen LogP contribution in [0.4, 0.5) is 0 Å². The minimum absolute atomic E-state index is 0.00162. The largest absolute Gasteiger partial charge is 0.352 e. The molecule has 0 bridgehead atoms. The monoisotopic (exact) mass is 293 g/mol. The lowest BCUT2D eigenvalue weighted by atomic mass is 10.0. The highest BCUT2D eigenvalue weighted by Crippen LogP contribution is 2.06. The first-order chi connectivity index (χ1) is 9.88. The summed E-state index contributed by atoms with van der Waals surface area (Å²) in [5, 5.41) is 3.07. The lowest BCUT2D eigenvalue weighted by molar-refractivity contribution is -0.122. The number of carbonyl (C=O) groups is 1. The Kier molecular flexibility index (Phi) is 7.15. The Morgan fingerprint density at radius 1 is 1.33 bits per heavy atom. The molecule has 118 valence electrons. The van der Waals surface area contributed by atoms with Crippen LogP contribution in [0.2, 0.25) is 0 Å². The van der Waals surface area contributed by atoms with E-state index in [2.05, 4.69) is 24.1 Å². The lowest BCUT2D eigenvalue weighted by Crippen LogP contribution is -2.42. The molecular formula is C16H27N3O2. The van der Waals surface area contributed by atoms with Gasteiger partial charge < -0.3 is 14.8 Å². The van der Waals surface area contributed by atoms with E-state index in [0.29, 0.717) is 18.9 Å². The number of hydrogen-bond donors (Lipinski definition) is 1. The smallest absolute Gasteiger partial charge is 0.250 e. The van der Waals surface area contributed by atoms with Gasteiger partial charge >= 0.3 is 0 Å². The van der Waals surface area contributed by atoms with Crippen molar-refractivity contribution in [1.82, 2.24) is 14.8 Å². The molecule has 1 amide bonds. The number of nitrogens with one attached hydrogen (secondary N) is 1. The second kappa shape index (κ2) is 8.62. The van der Waals surface area contributed by atoms with Gasteiger partial charge in [-0.1, -0.05) is 19.9 Å². The van der Waals surface area contributed by atoms with Gasteiger partial charge in [0.1, 0.15) is 0 Å². The molecule has 0 aliphatic heterocycles. The molecule has 1 unspecified atom stereocenters. The molecule has 0 fully saturated rings. The van der Waals surface area contributed by atoms with Crippen LogP contribution in [0.3, 0.4) is 0 Å². The Morgan fingerprint density at radius 2 is 2.05 bits per heavy atom. The first kappa shape index (κ1) is 17.4. The predicted molar refractivity (Wildman–Crippen MR) is 85.3 cm³/mol. The van der Waals surface area contributed by atoms with Gasteiger partial charge in [0.05, 0.1) is 0 Å². The molecule has 0 aromatic carbocycles. The molecule has 1 N–H and O–H groups in total. The van der Waals surface area contributed by atoms with Gasteiger partial charge in [0, 0.05) is 37.8 Å². The lowest BCUT2D eigenvalue weighted by Gasteiger charge is -2.24. The van der Waals surface area contributed by atoms with E-state index in [1.807, 2.05) is 14.1 Å². The van der Waals surface area contributed by atoms with E-state index >= 15 is 0 Å². The first-order valence-electron chi connectivity index (χ1n) is 7.48. The van der Waals surface area contributed by atoms with E-state index in [-0.39, 0.29) is 17.5 Å². The molecular weight excluding hydrogens is 266 g/mol. The Hall–Kier alpha value is -1.62. The molecule has 0 aliphatic carbocycles. The molecule has 0 spiro atoms. The van der Waals surface area contributed by atoms with Gasteiger partial charge in [-0.3, -0.25) is 9.59 Å². The number of hydrogen-bond acceptors (Lipinski definition) is 3. The van der Waals surface area contributed by atoms with Crippen molar-refractivity contribution in [2.75, 3.05) is 20.6 Å². The fourth-order valence-electron chi connectivity index (χ4n) is 2.36. The number of rotatable bonds is 8. The zero-order chi connectivity index (χ0) is 15.8.